The van der Waals surface area contributed by atoms with Crippen molar-refractivity contribution >= 4 is 44.9 Å². The summed E-state index contributed by atoms with van der Waals surface area (Å²) >= 11 is 3.28. The minimum atomic E-state index is 0.198. The zero-order valence-electron chi connectivity index (χ0n) is 16.3. The van der Waals surface area contributed by atoms with E-state index in [9.17, 15) is 4.79 Å². The topological polar surface area (TPSA) is 63.4 Å². The standard InChI is InChI=1S/C20H25N5OS2/c1-12-5-6-14-15(8-12)28-19-17(14)18-22-23-20(25(18)11-21-19)27-10-16(26)24-7-3-4-13(2)9-24/h11-13H,3-10H2,1-2H3/t12-,13+/m0/s1. The summed E-state index contributed by atoms with van der Waals surface area (Å²) in [5, 5.41) is 10.8. The summed E-state index contributed by atoms with van der Waals surface area (Å²) in [4.78, 5) is 21.8. The zero-order chi connectivity index (χ0) is 19.3. The van der Waals surface area contributed by atoms with Crippen LogP contribution in [0.4, 0.5) is 0 Å². The highest BCUT2D eigenvalue weighted by molar-refractivity contribution is 7.99. The molecule has 3 aromatic rings. The number of piperidine rings is 1. The Morgan fingerprint density at radius 2 is 2.18 bits per heavy atom. The van der Waals surface area contributed by atoms with Gasteiger partial charge in [-0.3, -0.25) is 9.20 Å². The van der Waals surface area contributed by atoms with Gasteiger partial charge in [0.1, 0.15) is 11.2 Å². The van der Waals surface area contributed by atoms with Crippen LogP contribution < -0.4 is 0 Å². The van der Waals surface area contributed by atoms with Crippen molar-refractivity contribution in [3.63, 3.8) is 0 Å². The highest BCUT2D eigenvalue weighted by Crippen LogP contribution is 2.39. The summed E-state index contributed by atoms with van der Waals surface area (Å²) in [6.07, 6.45) is 7.60. The molecule has 1 fully saturated rings. The fraction of sp³-hybridized carbons (Fsp3) is 0.600. The molecule has 0 radical (unpaired) electrons. The largest absolute Gasteiger partial charge is 0.342 e. The van der Waals surface area contributed by atoms with E-state index in [-0.39, 0.29) is 5.91 Å². The third-order valence-corrected chi connectivity index (χ3v) is 8.10. The lowest BCUT2D eigenvalue weighted by Gasteiger charge is -2.30. The molecule has 0 bridgehead atoms. The molecule has 0 spiro atoms. The van der Waals surface area contributed by atoms with Gasteiger partial charge in [0.05, 0.1) is 11.1 Å². The van der Waals surface area contributed by atoms with Crippen molar-refractivity contribution in [3.8, 4) is 0 Å². The van der Waals surface area contributed by atoms with Gasteiger partial charge in [0.15, 0.2) is 10.8 Å². The maximum Gasteiger partial charge on any atom is 0.233 e. The molecule has 0 saturated carbocycles. The lowest BCUT2D eigenvalue weighted by Crippen LogP contribution is -2.40. The Hall–Kier alpha value is -1.67. The lowest BCUT2D eigenvalue weighted by molar-refractivity contribution is -0.130. The van der Waals surface area contributed by atoms with E-state index in [1.165, 1.54) is 40.4 Å². The molecule has 1 saturated heterocycles. The van der Waals surface area contributed by atoms with Crippen molar-refractivity contribution in [1.29, 1.82) is 0 Å². The van der Waals surface area contributed by atoms with Crippen LogP contribution >= 0.6 is 23.1 Å². The number of carbonyl (C=O) groups excluding carboxylic acids is 1. The average Bonchev–Trinajstić information content (AvgIpc) is 3.26. The number of thiophene rings is 1. The third-order valence-electron chi connectivity index (χ3n) is 6.01. The maximum absolute atomic E-state index is 12.6. The molecule has 3 aromatic heterocycles. The summed E-state index contributed by atoms with van der Waals surface area (Å²) in [5.41, 5.74) is 2.30. The molecule has 148 valence electrons. The number of fused-ring (bicyclic) bond motifs is 5. The number of rotatable bonds is 3. The first-order valence-corrected chi connectivity index (χ1v) is 11.9. The summed E-state index contributed by atoms with van der Waals surface area (Å²) < 4.78 is 1.96. The Morgan fingerprint density at radius 1 is 1.29 bits per heavy atom. The number of carbonyl (C=O) groups is 1. The molecule has 4 heterocycles. The first-order valence-electron chi connectivity index (χ1n) is 10.1. The van der Waals surface area contributed by atoms with E-state index in [1.54, 1.807) is 11.3 Å². The molecule has 2 aliphatic rings. The smallest absolute Gasteiger partial charge is 0.233 e. The molecule has 6 nitrogen and oxygen atoms in total. The van der Waals surface area contributed by atoms with Crippen molar-refractivity contribution in [2.75, 3.05) is 18.8 Å². The van der Waals surface area contributed by atoms with Crippen LogP contribution in [-0.4, -0.2) is 49.2 Å². The Morgan fingerprint density at radius 3 is 3.04 bits per heavy atom. The quantitative estimate of drug-likeness (QED) is 0.609. The fourth-order valence-electron chi connectivity index (χ4n) is 4.45. The van der Waals surface area contributed by atoms with Gasteiger partial charge in [0, 0.05) is 18.0 Å². The molecule has 5 rings (SSSR count). The normalized spacial score (nSPS) is 22.7. The Labute approximate surface area is 172 Å². The summed E-state index contributed by atoms with van der Waals surface area (Å²) in [7, 11) is 0. The number of hydrogen-bond acceptors (Lipinski definition) is 6. The van der Waals surface area contributed by atoms with E-state index in [0.717, 1.165) is 53.9 Å². The van der Waals surface area contributed by atoms with Crippen LogP contribution in [-0.2, 0) is 17.6 Å². The van der Waals surface area contributed by atoms with Crippen LogP contribution in [0.3, 0.4) is 0 Å². The van der Waals surface area contributed by atoms with E-state index in [4.69, 9.17) is 4.98 Å². The molecule has 0 aromatic carbocycles. The predicted molar refractivity (Wildman–Crippen MR) is 113 cm³/mol. The van der Waals surface area contributed by atoms with E-state index in [2.05, 4.69) is 24.0 Å². The highest BCUT2D eigenvalue weighted by atomic mass is 32.2. The number of nitrogens with zero attached hydrogens (tertiary/aromatic N) is 5. The van der Waals surface area contributed by atoms with E-state index in [1.807, 2.05) is 15.6 Å². The van der Waals surface area contributed by atoms with Crippen LogP contribution in [0.15, 0.2) is 11.5 Å². The lowest BCUT2D eigenvalue weighted by atomic mass is 9.89. The van der Waals surface area contributed by atoms with Gasteiger partial charge in [-0.15, -0.1) is 21.5 Å². The SMILES string of the molecule is C[C@@H]1CCCN(C(=O)CSc2nnc3c4c5c(sc4ncn23)C[C@@H](C)CC5)C1. The molecule has 1 aliphatic heterocycles. The zero-order valence-corrected chi connectivity index (χ0v) is 18.0. The van der Waals surface area contributed by atoms with Crippen molar-refractivity contribution in [1.82, 2.24) is 24.5 Å². The first-order chi connectivity index (χ1) is 13.6. The second-order valence-corrected chi connectivity index (χ2v) is 10.4. The third kappa shape index (κ3) is 3.20. The number of likely N-dealkylation sites (tertiary alicyclic amines) is 1. The van der Waals surface area contributed by atoms with Crippen LogP contribution in [0.5, 0.6) is 0 Å². The number of hydrogen-bond donors (Lipinski definition) is 0. The van der Waals surface area contributed by atoms with Crippen molar-refractivity contribution in [3.05, 3.63) is 16.8 Å². The second-order valence-electron chi connectivity index (χ2n) is 8.33. The number of thioether (sulfide) groups is 1. The minimum absolute atomic E-state index is 0.198. The minimum Gasteiger partial charge on any atom is -0.342 e. The summed E-state index contributed by atoms with van der Waals surface area (Å²) in [5.74, 6) is 1.94. The number of amides is 1. The summed E-state index contributed by atoms with van der Waals surface area (Å²) in [6, 6.07) is 0. The Kier molecular flexibility index (Phi) is 4.79. The van der Waals surface area contributed by atoms with Crippen molar-refractivity contribution in [2.45, 2.75) is 51.1 Å². The molecule has 0 N–H and O–H groups in total. The number of aromatic nitrogens is 4. The van der Waals surface area contributed by atoms with Gasteiger partial charge >= 0.3 is 0 Å². The van der Waals surface area contributed by atoms with Crippen LogP contribution in [0.1, 0.15) is 43.6 Å². The Bertz CT molecular complexity index is 1040. The fourth-order valence-corrected chi connectivity index (χ4v) is 6.60. The average molecular weight is 416 g/mol. The van der Waals surface area contributed by atoms with Crippen LogP contribution in [0.25, 0.3) is 15.9 Å². The van der Waals surface area contributed by atoms with Gasteiger partial charge in [-0.2, -0.15) is 0 Å². The Balaban J connectivity index is 1.40. The predicted octanol–water partition coefficient (Wildman–Crippen LogP) is 3.81. The summed E-state index contributed by atoms with van der Waals surface area (Å²) in [6.45, 7) is 6.30. The van der Waals surface area contributed by atoms with Crippen LogP contribution in [0.2, 0.25) is 0 Å². The number of aryl methyl sites for hydroxylation is 1. The van der Waals surface area contributed by atoms with Crippen molar-refractivity contribution < 1.29 is 4.79 Å². The molecular weight excluding hydrogens is 390 g/mol. The van der Waals surface area contributed by atoms with E-state index in [0.29, 0.717) is 11.7 Å². The van der Waals surface area contributed by atoms with Gasteiger partial charge in [-0.1, -0.05) is 25.6 Å². The van der Waals surface area contributed by atoms with Gasteiger partial charge < -0.3 is 4.90 Å². The monoisotopic (exact) mass is 415 g/mol. The molecular formula is C20H25N5OS2. The maximum atomic E-state index is 12.6. The van der Waals surface area contributed by atoms with Gasteiger partial charge in [0.25, 0.3) is 0 Å². The van der Waals surface area contributed by atoms with Gasteiger partial charge in [0.2, 0.25) is 5.91 Å². The molecule has 1 amide bonds. The van der Waals surface area contributed by atoms with Gasteiger partial charge in [-0.05, 0) is 49.5 Å². The van der Waals surface area contributed by atoms with Crippen LogP contribution in [0, 0.1) is 11.8 Å². The van der Waals surface area contributed by atoms with E-state index >= 15 is 0 Å². The van der Waals surface area contributed by atoms with Gasteiger partial charge in [-0.25, -0.2) is 4.98 Å². The second kappa shape index (κ2) is 7.30. The molecule has 8 heteroatoms. The molecule has 1 aliphatic carbocycles. The molecule has 2 atom stereocenters. The van der Waals surface area contributed by atoms with Crippen molar-refractivity contribution in [2.24, 2.45) is 11.8 Å². The first kappa shape index (κ1) is 18.4. The highest BCUT2D eigenvalue weighted by Gasteiger charge is 2.25. The van der Waals surface area contributed by atoms with E-state index < -0.39 is 0 Å². The molecule has 28 heavy (non-hydrogen) atoms. The molecule has 0 unspecified atom stereocenters.